The van der Waals surface area contributed by atoms with Crippen molar-refractivity contribution in [3.63, 3.8) is 0 Å². The van der Waals surface area contributed by atoms with E-state index in [1.54, 1.807) is 12.1 Å². The topological polar surface area (TPSA) is 12.0 Å². The van der Waals surface area contributed by atoms with Crippen LogP contribution in [0.25, 0.3) is 0 Å². The van der Waals surface area contributed by atoms with Gasteiger partial charge in [-0.2, -0.15) is 0 Å². The minimum Gasteiger partial charge on any atom is -0.310 e. The predicted molar refractivity (Wildman–Crippen MR) is 77.9 cm³/mol. The van der Waals surface area contributed by atoms with Crippen LogP contribution in [0.15, 0.2) is 48.5 Å². The lowest BCUT2D eigenvalue weighted by atomic mass is 10.1. The van der Waals surface area contributed by atoms with Gasteiger partial charge in [0.2, 0.25) is 0 Å². The quantitative estimate of drug-likeness (QED) is 0.864. The van der Waals surface area contributed by atoms with E-state index in [4.69, 9.17) is 11.6 Å². The van der Waals surface area contributed by atoms with Crippen LogP contribution in [0.1, 0.15) is 18.1 Å². The molecule has 0 radical (unpaired) electrons. The van der Waals surface area contributed by atoms with Gasteiger partial charge in [0.1, 0.15) is 5.82 Å². The van der Waals surface area contributed by atoms with Gasteiger partial charge in [-0.25, -0.2) is 4.39 Å². The molecule has 19 heavy (non-hydrogen) atoms. The molecule has 0 aliphatic rings. The van der Waals surface area contributed by atoms with E-state index in [2.05, 4.69) is 12.2 Å². The highest BCUT2D eigenvalue weighted by atomic mass is 35.5. The van der Waals surface area contributed by atoms with Crippen LogP contribution in [0, 0.1) is 5.82 Å². The Balaban J connectivity index is 1.88. The van der Waals surface area contributed by atoms with Crippen LogP contribution in [-0.4, -0.2) is 6.04 Å². The summed E-state index contributed by atoms with van der Waals surface area (Å²) in [6.07, 6.45) is 0.794. The van der Waals surface area contributed by atoms with E-state index in [0.29, 0.717) is 0 Å². The second-order valence-corrected chi connectivity index (χ2v) is 5.11. The van der Waals surface area contributed by atoms with Gasteiger partial charge >= 0.3 is 0 Å². The Kier molecular flexibility index (Phi) is 4.94. The molecule has 1 nitrogen and oxygen atoms in total. The molecule has 1 unspecified atom stereocenters. The third kappa shape index (κ3) is 4.34. The van der Waals surface area contributed by atoms with Crippen LogP contribution in [0.4, 0.5) is 4.39 Å². The number of hydrogen-bond donors (Lipinski definition) is 1. The fourth-order valence-corrected chi connectivity index (χ4v) is 2.22. The monoisotopic (exact) mass is 277 g/mol. The largest absolute Gasteiger partial charge is 0.310 e. The average molecular weight is 278 g/mol. The zero-order valence-electron chi connectivity index (χ0n) is 10.9. The molecule has 0 amide bonds. The molecule has 0 spiro atoms. The zero-order valence-corrected chi connectivity index (χ0v) is 11.6. The Morgan fingerprint density at radius 2 is 1.95 bits per heavy atom. The normalized spacial score (nSPS) is 12.4. The summed E-state index contributed by atoms with van der Waals surface area (Å²) in [5.41, 5.74) is 2.08. The van der Waals surface area contributed by atoms with Gasteiger partial charge in [-0.05, 0) is 42.7 Å². The minimum atomic E-state index is -0.184. The highest BCUT2D eigenvalue weighted by molar-refractivity contribution is 6.31. The summed E-state index contributed by atoms with van der Waals surface area (Å²) in [6, 6.07) is 14.8. The SMILES string of the molecule is CC(Cc1cccc(F)c1)NCc1ccccc1Cl. The molecule has 2 rings (SSSR count). The summed E-state index contributed by atoms with van der Waals surface area (Å²) < 4.78 is 13.1. The zero-order chi connectivity index (χ0) is 13.7. The van der Waals surface area contributed by atoms with E-state index >= 15 is 0 Å². The van der Waals surface area contributed by atoms with Crippen molar-refractivity contribution in [2.24, 2.45) is 0 Å². The molecule has 0 heterocycles. The van der Waals surface area contributed by atoms with Crippen LogP contribution in [-0.2, 0) is 13.0 Å². The van der Waals surface area contributed by atoms with E-state index < -0.39 is 0 Å². The van der Waals surface area contributed by atoms with Gasteiger partial charge in [-0.1, -0.05) is 41.9 Å². The van der Waals surface area contributed by atoms with Crippen molar-refractivity contribution in [1.29, 1.82) is 0 Å². The molecule has 0 bridgehead atoms. The van der Waals surface area contributed by atoms with E-state index in [0.717, 1.165) is 29.1 Å². The fraction of sp³-hybridized carbons (Fsp3) is 0.250. The molecule has 1 atom stereocenters. The van der Waals surface area contributed by atoms with Crippen molar-refractivity contribution < 1.29 is 4.39 Å². The summed E-state index contributed by atoms with van der Waals surface area (Å²) in [5.74, 6) is -0.184. The molecule has 1 N–H and O–H groups in total. The van der Waals surface area contributed by atoms with Gasteiger partial charge in [0.15, 0.2) is 0 Å². The number of halogens is 2. The predicted octanol–water partition coefficient (Wildman–Crippen LogP) is 4.20. The third-order valence-electron chi connectivity index (χ3n) is 3.03. The molecule has 100 valence electrons. The number of hydrogen-bond acceptors (Lipinski definition) is 1. The standard InChI is InChI=1S/C16H17ClFN/c1-12(9-13-5-4-7-15(18)10-13)19-11-14-6-2-3-8-16(14)17/h2-8,10,12,19H,9,11H2,1H3. The minimum absolute atomic E-state index is 0.184. The Morgan fingerprint density at radius 3 is 2.68 bits per heavy atom. The van der Waals surface area contributed by atoms with Crippen molar-refractivity contribution >= 4 is 11.6 Å². The molecule has 2 aromatic carbocycles. The summed E-state index contributed by atoms with van der Waals surface area (Å²) in [5, 5.41) is 4.17. The number of benzene rings is 2. The van der Waals surface area contributed by atoms with Crippen molar-refractivity contribution in [2.45, 2.75) is 25.9 Å². The van der Waals surface area contributed by atoms with E-state index in [-0.39, 0.29) is 11.9 Å². The Bertz CT molecular complexity index is 542. The first-order valence-electron chi connectivity index (χ1n) is 6.36. The summed E-state index contributed by atoms with van der Waals surface area (Å²) in [4.78, 5) is 0. The molecule has 0 aliphatic heterocycles. The van der Waals surface area contributed by atoms with Crippen LogP contribution < -0.4 is 5.32 Å². The van der Waals surface area contributed by atoms with Crippen molar-refractivity contribution in [2.75, 3.05) is 0 Å². The van der Waals surface area contributed by atoms with E-state index in [1.165, 1.54) is 6.07 Å². The van der Waals surface area contributed by atoms with Gasteiger partial charge in [0, 0.05) is 17.6 Å². The van der Waals surface area contributed by atoms with Gasteiger partial charge in [-0.15, -0.1) is 0 Å². The number of nitrogens with one attached hydrogen (secondary N) is 1. The summed E-state index contributed by atoms with van der Waals surface area (Å²) in [6.45, 7) is 2.80. The van der Waals surface area contributed by atoms with Gasteiger partial charge in [-0.3, -0.25) is 0 Å². The molecule has 3 heteroatoms. The Morgan fingerprint density at radius 1 is 1.16 bits per heavy atom. The highest BCUT2D eigenvalue weighted by Gasteiger charge is 2.05. The number of rotatable bonds is 5. The average Bonchev–Trinajstić information content (AvgIpc) is 2.38. The van der Waals surface area contributed by atoms with Crippen LogP contribution in [0.2, 0.25) is 5.02 Å². The smallest absolute Gasteiger partial charge is 0.123 e. The van der Waals surface area contributed by atoms with Crippen molar-refractivity contribution in [3.05, 3.63) is 70.5 Å². The molecule has 0 aromatic heterocycles. The van der Waals surface area contributed by atoms with Gasteiger partial charge in [0.25, 0.3) is 0 Å². The molecular weight excluding hydrogens is 261 g/mol. The molecule has 0 aliphatic carbocycles. The molecule has 2 aromatic rings. The maximum atomic E-state index is 13.1. The van der Waals surface area contributed by atoms with Crippen LogP contribution in [0.5, 0.6) is 0 Å². The van der Waals surface area contributed by atoms with E-state index in [9.17, 15) is 4.39 Å². The van der Waals surface area contributed by atoms with Crippen LogP contribution >= 0.6 is 11.6 Å². The molecular formula is C16H17ClFN. The second kappa shape index (κ2) is 6.69. The Labute approximate surface area is 118 Å². The van der Waals surface area contributed by atoms with Crippen molar-refractivity contribution in [1.82, 2.24) is 5.32 Å². The third-order valence-corrected chi connectivity index (χ3v) is 3.40. The molecule has 0 fully saturated rings. The lowest BCUT2D eigenvalue weighted by Gasteiger charge is -2.14. The maximum Gasteiger partial charge on any atom is 0.123 e. The fourth-order valence-electron chi connectivity index (χ4n) is 2.02. The molecule has 0 saturated heterocycles. The van der Waals surface area contributed by atoms with Crippen molar-refractivity contribution in [3.8, 4) is 0 Å². The lowest BCUT2D eigenvalue weighted by molar-refractivity contribution is 0.543. The Hall–Kier alpha value is -1.38. The lowest BCUT2D eigenvalue weighted by Crippen LogP contribution is -2.27. The summed E-state index contributed by atoms with van der Waals surface area (Å²) >= 11 is 6.10. The van der Waals surface area contributed by atoms with Gasteiger partial charge in [0.05, 0.1) is 0 Å². The van der Waals surface area contributed by atoms with E-state index in [1.807, 2.05) is 30.3 Å². The molecule has 0 saturated carbocycles. The second-order valence-electron chi connectivity index (χ2n) is 4.71. The first-order chi connectivity index (χ1) is 9.15. The maximum absolute atomic E-state index is 13.1. The van der Waals surface area contributed by atoms with Gasteiger partial charge < -0.3 is 5.32 Å². The first kappa shape index (κ1) is 14.0. The first-order valence-corrected chi connectivity index (χ1v) is 6.74. The summed E-state index contributed by atoms with van der Waals surface area (Å²) in [7, 11) is 0. The highest BCUT2D eigenvalue weighted by Crippen LogP contribution is 2.15. The van der Waals surface area contributed by atoms with Crippen LogP contribution in [0.3, 0.4) is 0 Å².